The van der Waals surface area contributed by atoms with Crippen molar-refractivity contribution in [2.75, 3.05) is 13.1 Å². The molecule has 4 heteroatoms. The summed E-state index contributed by atoms with van der Waals surface area (Å²) in [5.74, 6) is 0. The Kier molecular flexibility index (Phi) is 4.37. The first-order chi connectivity index (χ1) is 5.93. The molecule has 0 aliphatic carbocycles. The summed E-state index contributed by atoms with van der Waals surface area (Å²) in [5, 5.41) is 3.33. The van der Waals surface area contributed by atoms with E-state index in [1.54, 1.807) is 6.34 Å². The lowest BCUT2D eigenvalue weighted by Crippen LogP contribution is -2.14. The molecular weight excluding hydrogens is 152 g/mol. The smallest absolute Gasteiger partial charge is 0.111 e. The van der Waals surface area contributed by atoms with E-state index in [0.717, 1.165) is 25.9 Å². The van der Waals surface area contributed by atoms with Gasteiger partial charge in [-0.05, 0) is 32.4 Å². The van der Waals surface area contributed by atoms with E-state index in [1.807, 2.05) is 0 Å². The zero-order valence-corrected chi connectivity index (χ0v) is 7.24. The molecule has 0 spiro atoms. The van der Waals surface area contributed by atoms with E-state index in [-0.39, 0.29) is 1.43 Å². The predicted octanol–water partition coefficient (Wildman–Crippen LogP) is 0.390. The molecule has 70 valence electrons. The van der Waals surface area contributed by atoms with Gasteiger partial charge in [-0.2, -0.15) is 0 Å². The van der Waals surface area contributed by atoms with Crippen LogP contribution in [0.4, 0.5) is 0 Å². The number of rotatable bonds is 2. The van der Waals surface area contributed by atoms with Gasteiger partial charge in [-0.25, -0.2) is 4.99 Å². The minimum absolute atomic E-state index is 0. The topological polar surface area (TPSA) is 62.8 Å². The van der Waals surface area contributed by atoms with Gasteiger partial charge in [0.25, 0.3) is 0 Å². The van der Waals surface area contributed by atoms with Crippen LogP contribution in [0.2, 0.25) is 0 Å². The van der Waals surface area contributed by atoms with Crippen molar-refractivity contribution in [1.82, 2.24) is 5.32 Å². The van der Waals surface area contributed by atoms with Gasteiger partial charge in [0.1, 0.15) is 6.34 Å². The van der Waals surface area contributed by atoms with Crippen LogP contribution >= 0.6 is 0 Å². The van der Waals surface area contributed by atoms with E-state index in [4.69, 9.17) is 5.73 Å². The van der Waals surface area contributed by atoms with Gasteiger partial charge >= 0.3 is 0 Å². The van der Waals surface area contributed by atoms with Crippen LogP contribution in [0.1, 0.15) is 20.7 Å². The quantitative estimate of drug-likeness (QED) is 0.465. The fourth-order valence-electron chi connectivity index (χ4n) is 1.32. The second kappa shape index (κ2) is 5.71. The first kappa shape index (κ1) is 9.19. The van der Waals surface area contributed by atoms with Crippen LogP contribution in [0.15, 0.2) is 9.98 Å². The molecule has 0 aromatic heterocycles. The lowest BCUT2D eigenvalue weighted by Gasteiger charge is -2.04. The highest BCUT2D eigenvalue weighted by atomic mass is 14.9. The Balaban J connectivity index is 0.00000144. The summed E-state index contributed by atoms with van der Waals surface area (Å²) in [4.78, 5) is 8.03. The van der Waals surface area contributed by atoms with Crippen molar-refractivity contribution in [2.45, 2.75) is 25.3 Å². The molecule has 1 aliphatic rings. The van der Waals surface area contributed by atoms with Crippen molar-refractivity contribution >= 4 is 12.7 Å². The molecule has 0 bridgehead atoms. The molecule has 1 heterocycles. The summed E-state index contributed by atoms with van der Waals surface area (Å²) in [6, 6.07) is 0.434. The van der Waals surface area contributed by atoms with E-state index in [9.17, 15) is 0 Å². The highest BCUT2D eigenvalue weighted by molar-refractivity contribution is 5.69. The van der Waals surface area contributed by atoms with Crippen LogP contribution < -0.4 is 11.1 Å². The minimum Gasteiger partial charge on any atom is -0.390 e. The molecule has 1 rings (SSSR count). The third kappa shape index (κ3) is 3.48. The van der Waals surface area contributed by atoms with Crippen molar-refractivity contribution in [3.05, 3.63) is 0 Å². The van der Waals surface area contributed by atoms with Gasteiger partial charge < -0.3 is 11.1 Å². The van der Waals surface area contributed by atoms with Crippen LogP contribution in [-0.2, 0) is 0 Å². The Hall–Kier alpha value is -0.900. The zero-order valence-electron chi connectivity index (χ0n) is 7.24. The van der Waals surface area contributed by atoms with Gasteiger partial charge in [-0.15, -0.1) is 0 Å². The molecule has 1 atom stereocenters. The summed E-state index contributed by atoms with van der Waals surface area (Å²) < 4.78 is 0. The van der Waals surface area contributed by atoms with Crippen LogP contribution in [0.25, 0.3) is 0 Å². The van der Waals surface area contributed by atoms with Gasteiger partial charge in [0.2, 0.25) is 0 Å². The largest absolute Gasteiger partial charge is 0.390 e. The number of nitrogens with two attached hydrogens (primary N) is 1. The molecule has 0 aromatic rings. The molecule has 1 saturated heterocycles. The van der Waals surface area contributed by atoms with E-state index in [2.05, 4.69) is 15.3 Å². The number of hydrogen-bond acceptors (Lipinski definition) is 2. The van der Waals surface area contributed by atoms with E-state index < -0.39 is 0 Å². The van der Waals surface area contributed by atoms with Gasteiger partial charge in [-0.1, -0.05) is 0 Å². The standard InChI is InChI=1S/C8H16N4.H2/c9-6-11-7-12-8-2-1-4-10-5-3-8;/h6-8,10H,1-5H2,(H2,9,11,12);1H. The van der Waals surface area contributed by atoms with Gasteiger partial charge in [-0.3, -0.25) is 4.99 Å². The molecule has 1 fully saturated rings. The first-order valence-corrected chi connectivity index (χ1v) is 4.39. The summed E-state index contributed by atoms with van der Waals surface area (Å²) in [6.45, 7) is 2.18. The number of nitrogens with one attached hydrogen (secondary N) is 1. The number of nitrogens with zero attached hydrogens (tertiary/aromatic N) is 2. The molecule has 0 radical (unpaired) electrons. The van der Waals surface area contributed by atoms with Gasteiger partial charge in [0.15, 0.2) is 0 Å². The summed E-state index contributed by atoms with van der Waals surface area (Å²) in [7, 11) is 0. The lowest BCUT2D eigenvalue weighted by molar-refractivity contribution is 0.603. The molecule has 12 heavy (non-hydrogen) atoms. The van der Waals surface area contributed by atoms with Crippen molar-refractivity contribution in [2.24, 2.45) is 15.7 Å². The number of aliphatic imine (C=N–C) groups is 2. The fourth-order valence-corrected chi connectivity index (χ4v) is 1.32. The average Bonchev–Trinajstić information content (AvgIpc) is 2.33. The molecule has 0 saturated carbocycles. The van der Waals surface area contributed by atoms with Crippen molar-refractivity contribution in [3.8, 4) is 0 Å². The maximum atomic E-state index is 5.08. The normalized spacial score (nSPS) is 26.5. The maximum Gasteiger partial charge on any atom is 0.111 e. The van der Waals surface area contributed by atoms with Crippen molar-refractivity contribution in [3.63, 3.8) is 0 Å². The van der Waals surface area contributed by atoms with Crippen LogP contribution in [-0.4, -0.2) is 31.8 Å². The van der Waals surface area contributed by atoms with E-state index in [1.165, 1.54) is 12.8 Å². The third-order valence-corrected chi connectivity index (χ3v) is 1.98. The highest BCUT2D eigenvalue weighted by Gasteiger charge is 2.08. The Bertz CT molecular complexity index is 162. The molecule has 1 unspecified atom stereocenters. The van der Waals surface area contributed by atoms with Crippen LogP contribution in [0.5, 0.6) is 0 Å². The van der Waals surface area contributed by atoms with Crippen LogP contribution in [0, 0.1) is 0 Å². The lowest BCUT2D eigenvalue weighted by atomic mass is 10.1. The SMILES string of the molecule is NC=NC=NC1CCCNCC1.[HH]. The second-order valence-electron chi connectivity index (χ2n) is 2.90. The Morgan fingerprint density at radius 3 is 3.17 bits per heavy atom. The predicted molar refractivity (Wildman–Crippen MR) is 53.8 cm³/mol. The molecule has 0 aromatic carbocycles. The summed E-state index contributed by atoms with van der Waals surface area (Å²) >= 11 is 0. The Labute approximate surface area is 74.5 Å². The van der Waals surface area contributed by atoms with Crippen LogP contribution in [0.3, 0.4) is 0 Å². The first-order valence-electron chi connectivity index (χ1n) is 4.39. The number of hydrogen-bond donors (Lipinski definition) is 2. The summed E-state index contributed by atoms with van der Waals surface area (Å²) in [6.07, 6.45) is 6.28. The molecule has 0 amide bonds. The third-order valence-electron chi connectivity index (χ3n) is 1.98. The molecule has 3 N–H and O–H groups in total. The van der Waals surface area contributed by atoms with E-state index in [0.29, 0.717) is 6.04 Å². The summed E-state index contributed by atoms with van der Waals surface area (Å²) in [5.41, 5.74) is 5.08. The highest BCUT2D eigenvalue weighted by Crippen LogP contribution is 2.08. The van der Waals surface area contributed by atoms with Gasteiger partial charge in [0, 0.05) is 1.43 Å². The fraction of sp³-hybridized carbons (Fsp3) is 0.750. The minimum atomic E-state index is 0. The zero-order chi connectivity index (χ0) is 8.65. The molecule has 1 aliphatic heterocycles. The molecule has 4 nitrogen and oxygen atoms in total. The average molecular weight is 170 g/mol. The van der Waals surface area contributed by atoms with E-state index >= 15 is 0 Å². The molecular formula is C8H18N4. The monoisotopic (exact) mass is 170 g/mol. The Morgan fingerprint density at radius 1 is 1.42 bits per heavy atom. The van der Waals surface area contributed by atoms with Gasteiger partial charge in [0.05, 0.1) is 12.4 Å². The maximum absolute atomic E-state index is 5.08. The second-order valence-corrected chi connectivity index (χ2v) is 2.90. The Morgan fingerprint density at radius 2 is 2.33 bits per heavy atom. The van der Waals surface area contributed by atoms with Crippen molar-refractivity contribution in [1.29, 1.82) is 0 Å². The van der Waals surface area contributed by atoms with Crippen molar-refractivity contribution < 1.29 is 1.43 Å².